The Morgan fingerprint density at radius 1 is 0.292 bits per heavy atom. The van der Waals surface area contributed by atoms with Crippen LogP contribution < -0.4 is 0 Å². The maximum absolute atomic E-state index is 5.38. The summed E-state index contributed by atoms with van der Waals surface area (Å²) in [4.78, 5) is 42.9. The molecule has 3 heterocycles. The molecule has 0 unspecified atom stereocenters. The lowest BCUT2D eigenvalue weighted by molar-refractivity contribution is -0.591. The Balaban J connectivity index is 1.65. The molecule has 3 aliphatic rings. The first-order valence-corrected chi connectivity index (χ1v) is 9.19. The maximum Gasteiger partial charge on any atom is 0.224 e. The van der Waals surface area contributed by atoms with Crippen molar-refractivity contribution < 1.29 is 39.1 Å². The molecule has 0 atom stereocenters. The largest absolute Gasteiger partial charge is 0.224 e. The Morgan fingerprint density at radius 2 is 0.500 bits per heavy atom. The zero-order valence-electron chi connectivity index (χ0n) is 14.1. The van der Waals surface area contributed by atoms with Crippen LogP contribution in [0.5, 0.6) is 0 Å². The second kappa shape index (κ2) is 10.6. The molecule has 3 rings (SSSR count). The molecule has 0 N–H and O–H groups in total. The topological polar surface area (TPSA) is 73.8 Å². The van der Waals surface area contributed by atoms with Gasteiger partial charge in [-0.1, -0.05) is 25.7 Å². The summed E-state index contributed by atoms with van der Waals surface area (Å²) in [6.07, 6.45) is 8.44. The van der Waals surface area contributed by atoms with Crippen LogP contribution in [0.25, 0.3) is 0 Å². The summed E-state index contributed by atoms with van der Waals surface area (Å²) in [5.41, 5.74) is 0. The van der Waals surface area contributed by atoms with Crippen LogP contribution in [0.15, 0.2) is 0 Å². The van der Waals surface area contributed by atoms with E-state index in [1.54, 1.807) is 0 Å². The minimum absolute atomic E-state index is 0.636. The molecule has 3 aliphatic heterocycles. The van der Waals surface area contributed by atoms with Gasteiger partial charge in [0.2, 0.25) is 25.2 Å². The average molecular weight is 348 g/mol. The summed E-state index contributed by atoms with van der Waals surface area (Å²) in [7, 11) is 0. The maximum atomic E-state index is 5.38. The number of fused-ring (bicyclic) bond motifs is 6. The van der Waals surface area contributed by atoms with Crippen LogP contribution in [0.3, 0.4) is 0 Å². The normalized spacial score (nSPS) is 38.0. The zero-order chi connectivity index (χ0) is 16.5. The molecule has 0 aromatic heterocycles. The summed E-state index contributed by atoms with van der Waals surface area (Å²) in [5.74, 6) is 0. The summed E-state index contributed by atoms with van der Waals surface area (Å²) in [6, 6.07) is 0. The molecule has 8 heteroatoms. The second-order valence-corrected chi connectivity index (χ2v) is 6.47. The van der Waals surface area contributed by atoms with Crippen molar-refractivity contribution in [1.29, 1.82) is 0 Å². The van der Waals surface area contributed by atoms with Crippen LogP contribution in [-0.2, 0) is 39.1 Å². The van der Waals surface area contributed by atoms with Gasteiger partial charge in [0.1, 0.15) is 0 Å². The number of hydrogen-bond acceptors (Lipinski definition) is 8. The zero-order valence-corrected chi connectivity index (χ0v) is 14.1. The van der Waals surface area contributed by atoms with Crippen molar-refractivity contribution in [2.45, 2.75) is 102 Å². The molecule has 3 saturated heterocycles. The monoisotopic (exact) mass is 348 g/mol. The van der Waals surface area contributed by atoms with Crippen molar-refractivity contribution in [2.75, 3.05) is 0 Å². The summed E-state index contributed by atoms with van der Waals surface area (Å²) < 4.78 is 0. The predicted octanol–water partition coefficient (Wildman–Crippen LogP) is 3.81. The quantitative estimate of drug-likeness (QED) is 0.612. The van der Waals surface area contributed by atoms with Crippen molar-refractivity contribution in [3.05, 3.63) is 0 Å². The van der Waals surface area contributed by atoms with Gasteiger partial charge in [-0.25, -0.2) is 0 Å². The van der Waals surface area contributed by atoms with Gasteiger partial charge in [0, 0.05) is 25.7 Å². The molecule has 3 fully saturated rings. The molecular weight excluding hydrogens is 320 g/mol. The van der Waals surface area contributed by atoms with E-state index in [0.29, 0.717) is 25.7 Å². The fourth-order valence-corrected chi connectivity index (χ4v) is 2.90. The molecule has 0 aliphatic carbocycles. The van der Waals surface area contributed by atoms with E-state index < -0.39 is 25.2 Å². The fraction of sp³-hybridized carbons (Fsp3) is 1.00. The standard InChI is InChI=1S/C16H28O8/c1-2-6-10-14-18-17-13(9-5-1)21-23-15-11-7-3-4-8-12-16(20-19-15)24-22-14/h13-16H,1-12H2. The summed E-state index contributed by atoms with van der Waals surface area (Å²) in [6.45, 7) is 0. The molecule has 140 valence electrons. The molecule has 4 bridgehead atoms. The van der Waals surface area contributed by atoms with Gasteiger partial charge in [-0.3, -0.25) is 0 Å². The lowest BCUT2D eigenvalue weighted by atomic mass is 10.1. The van der Waals surface area contributed by atoms with Crippen LogP contribution in [0.1, 0.15) is 77.0 Å². The van der Waals surface area contributed by atoms with Crippen LogP contribution in [0.2, 0.25) is 0 Å². The van der Waals surface area contributed by atoms with E-state index in [2.05, 4.69) is 0 Å². The van der Waals surface area contributed by atoms with E-state index in [4.69, 9.17) is 39.1 Å². The molecule has 0 aromatic rings. The lowest BCUT2D eigenvalue weighted by Gasteiger charge is -2.27. The highest BCUT2D eigenvalue weighted by Crippen LogP contribution is 2.23. The summed E-state index contributed by atoms with van der Waals surface area (Å²) in [5, 5.41) is 0. The molecular formula is C16H28O8. The van der Waals surface area contributed by atoms with Gasteiger partial charge in [0.15, 0.2) is 0 Å². The molecule has 0 saturated carbocycles. The highest BCUT2D eigenvalue weighted by molar-refractivity contribution is 4.53. The van der Waals surface area contributed by atoms with Crippen molar-refractivity contribution in [1.82, 2.24) is 0 Å². The van der Waals surface area contributed by atoms with E-state index in [-0.39, 0.29) is 0 Å². The van der Waals surface area contributed by atoms with Gasteiger partial charge in [-0.05, 0) is 25.7 Å². The Labute approximate surface area is 142 Å². The van der Waals surface area contributed by atoms with E-state index in [9.17, 15) is 0 Å². The van der Waals surface area contributed by atoms with Crippen LogP contribution in [-0.4, -0.2) is 25.2 Å². The van der Waals surface area contributed by atoms with Gasteiger partial charge >= 0.3 is 0 Å². The van der Waals surface area contributed by atoms with Crippen molar-refractivity contribution in [3.63, 3.8) is 0 Å². The Morgan fingerprint density at radius 3 is 0.708 bits per heavy atom. The first-order valence-electron chi connectivity index (χ1n) is 9.19. The van der Waals surface area contributed by atoms with Gasteiger partial charge < -0.3 is 0 Å². The van der Waals surface area contributed by atoms with Gasteiger partial charge in [0.05, 0.1) is 0 Å². The minimum atomic E-state index is -0.636. The SMILES string of the molecule is C1CCCC2OOC(CC1)OOC1CCCCCCC(OO1)OO2. The van der Waals surface area contributed by atoms with Crippen molar-refractivity contribution >= 4 is 0 Å². The number of rotatable bonds is 0. The smallest absolute Gasteiger partial charge is 0.199 e. The van der Waals surface area contributed by atoms with E-state index >= 15 is 0 Å². The Hall–Kier alpha value is -0.320. The van der Waals surface area contributed by atoms with Gasteiger partial charge in [-0.2, -0.15) is 39.1 Å². The van der Waals surface area contributed by atoms with Crippen LogP contribution >= 0.6 is 0 Å². The highest BCUT2D eigenvalue weighted by Gasteiger charge is 2.26. The molecule has 0 aromatic carbocycles. The van der Waals surface area contributed by atoms with E-state index in [1.165, 1.54) is 0 Å². The molecule has 0 radical (unpaired) electrons. The first-order chi connectivity index (χ1) is 11.9. The lowest BCUT2D eigenvalue weighted by Crippen LogP contribution is -2.32. The van der Waals surface area contributed by atoms with E-state index in [1.807, 2.05) is 0 Å². The Bertz CT molecular complexity index is 278. The number of hydrogen-bond donors (Lipinski definition) is 0. The minimum Gasteiger partial charge on any atom is -0.199 e. The highest BCUT2D eigenvalue weighted by atomic mass is 17.4. The molecule has 8 nitrogen and oxygen atoms in total. The second-order valence-electron chi connectivity index (χ2n) is 6.47. The molecule has 0 amide bonds. The third kappa shape index (κ3) is 6.53. The van der Waals surface area contributed by atoms with Gasteiger partial charge in [0.25, 0.3) is 0 Å². The predicted molar refractivity (Wildman–Crippen MR) is 79.2 cm³/mol. The van der Waals surface area contributed by atoms with Crippen molar-refractivity contribution in [2.24, 2.45) is 0 Å². The van der Waals surface area contributed by atoms with Crippen LogP contribution in [0, 0.1) is 0 Å². The van der Waals surface area contributed by atoms with Crippen molar-refractivity contribution in [3.8, 4) is 0 Å². The summed E-state index contributed by atoms with van der Waals surface area (Å²) >= 11 is 0. The third-order valence-corrected chi connectivity index (χ3v) is 4.34. The van der Waals surface area contributed by atoms with E-state index in [0.717, 1.165) is 51.4 Å². The van der Waals surface area contributed by atoms with Crippen LogP contribution in [0.4, 0.5) is 0 Å². The van der Waals surface area contributed by atoms with Gasteiger partial charge in [-0.15, -0.1) is 0 Å². The first kappa shape index (κ1) is 18.5. The molecule has 24 heavy (non-hydrogen) atoms. The average Bonchev–Trinajstić information content (AvgIpc) is 2.60. The third-order valence-electron chi connectivity index (χ3n) is 4.34. The fourth-order valence-electron chi connectivity index (χ4n) is 2.90. The Kier molecular flexibility index (Phi) is 8.17. The molecule has 0 spiro atoms.